The van der Waals surface area contributed by atoms with E-state index in [4.69, 9.17) is 0 Å². The van der Waals surface area contributed by atoms with E-state index in [1.807, 2.05) is 0 Å². The number of sulfonamides is 1. The number of nitrogens with zero attached hydrogens (tertiary/aromatic N) is 2. The van der Waals surface area contributed by atoms with Crippen LogP contribution in [0.15, 0.2) is 53.4 Å². The molecule has 0 saturated heterocycles. The van der Waals surface area contributed by atoms with Crippen molar-refractivity contribution in [2.24, 2.45) is 0 Å². The highest BCUT2D eigenvalue weighted by Crippen LogP contribution is 2.30. The fourth-order valence-corrected chi connectivity index (χ4v) is 5.36. The Bertz CT molecular complexity index is 1150. The van der Waals surface area contributed by atoms with Gasteiger partial charge in [-0.3, -0.25) is 14.4 Å². The predicted octanol–water partition coefficient (Wildman–Crippen LogP) is 2.30. The van der Waals surface area contributed by atoms with E-state index in [9.17, 15) is 27.2 Å². The zero-order valence-electron chi connectivity index (χ0n) is 18.5. The second-order valence-corrected chi connectivity index (χ2v) is 9.43. The van der Waals surface area contributed by atoms with Crippen molar-refractivity contribution in [3.05, 3.63) is 65.5 Å². The zero-order valence-corrected chi connectivity index (χ0v) is 19.3. The van der Waals surface area contributed by atoms with E-state index in [0.717, 1.165) is 0 Å². The van der Waals surface area contributed by atoms with Crippen molar-refractivity contribution in [1.29, 1.82) is 0 Å². The Morgan fingerprint density at radius 3 is 2.36 bits per heavy atom. The first-order valence-corrected chi connectivity index (χ1v) is 12.1. The number of carbonyl (C=O) groups is 3. The average Bonchev–Trinajstić information content (AvgIpc) is 2.99. The van der Waals surface area contributed by atoms with Crippen molar-refractivity contribution in [1.82, 2.24) is 14.5 Å². The Morgan fingerprint density at radius 1 is 1.09 bits per heavy atom. The summed E-state index contributed by atoms with van der Waals surface area (Å²) in [5.74, 6) is -1.94. The molecule has 1 unspecified atom stereocenters. The van der Waals surface area contributed by atoms with Gasteiger partial charge in [-0.25, -0.2) is 17.1 Å². The van der Waals surface area contributed by atoms with Crippen LogP contribution in [0.25, 0.3) is 0 Å². The van der Waals surface area contributed by atoms with Gasteiger partial charge in [-0.1, -0.05) is 31.2 Å². The van der Waals surface area contributed by atoms with Crippen LogP contribution in [0.4, 0.5) is 4.39 Å². The molecule has 0 spiro atoms. The Labute approximate surface area is 192 Å². The van der Waals surface area contributed by atoms with Crippen LogP contribution in [0.3, 0.4) is 0 Å². The van der Waals surface area contributed by atoms with Gasteiger partial charge < -0.3 is 10.2 Å². The molecule has 2 aromatic rings. The van der Waals surface area contributed by atoms with Crippen LogP contribution in [0.2, 0.25) is 0 Å². The Kier molecular flexibility index (Phi) is 7.47. The van der Waals surface area contributed by atoms with Gasteiger partial charge in [0.2, 0.25) is 11.8 Å². The summed E-state index contributed by atoms with van der Waals surface area (Å²) in [5, 5.41) is 2.70. The molecule has 8 nitrogen and oxygen atoms in total. The van der Waals surface area contributed by atoms with Gasteiger partial charge in [0.05, 0.1) is 5.56 Å². The van der Waals surface area contributed by atoms with Gasteiger partial charge in [0.1, 0.15) is 16.8 Å². The third-order valence-electron chi connectivity index (χ3n) is 5.44. The van der Waals surface area contributed by atoms with Crippen LogP contribution >= 0.6 is 0 Å². The molecule has 0 aliphatic carbocycles. The molecule has 0 aromatic heterocycles. The van der Waals surface area contributed by atoms with Crippen molar-refractivity contribution in [2.75, 3.05) is 13.1 Å². The molecule has 0 bridgehead atoms. The quantitative estimate of drug-likeness (QED) is 0.599. The van der Waals surface area contributed by atoms with Crippen LogP contribution in [-0.2, 0) is 26.2 Å². The molecule has 1 atom stereocenters. The van der Waals surface area contributed by atoms with Gasteiger partial charge >= 0.3 is 0 Å². The number of hydrogen-bond acceptors (Lipinski definition) is 5. The molecule has 176 valence electrons. The van der Waals surface area contributed by atoms with Crippen LogP contribution in [0.1, 0.15) is 42.6 Å². The monoisotopic (exact) mass is 475 g/mol. The largest absolute Gasteiger partial charge is 0.355 e. The summed E-state index contributed by atoms with van der Waals surface area (Å²) in [4.78, 5) is 39.7. The van der Waals surface area contributed by atoms with Crippen molar-refractivity contribution in [2.45, 2.75) is 44.2 Å². The molecule has 0 fully saturated rings. The van der Waals surface area contributed by atoms with E-state index >= 15 is 0 Å². The van der Waals surface area contributed by atoms with E-state index in [-0.39, 0.29) is 35.9 Å². The highest BCUT2D eigenvalue weighted by molar-refractivity contribution is 7.90. The first-order valence-electron chi connectivity index (χ1n) is 10.7. The van der Waals surface area contributed by atoms with Gasteiger partial charge in [0.15, 0.2) is 0 Å². The van der Waals surface area contributed by atoms with Gasteiger partial charge in [0, 0.05) is 26.1 Å². The van der Waals surface area contributed by atoms with Gasteiger partial charge in [-0.05, 0) is 43.2 Å². The van der Waals surface area contributed by atoms with Crippen molar-refractivity contribution in [3.8, 4) is 0 Å². The summed E-state index contributed by atoms with van der Waals surface area (Å²) in [7, 11) is -4.04. The summed E-state index contributed by atoms with van der Waals surface area (Å²) in [5.41, 5.74) is 0.687. The number of hydrogen-bond donors (Lipinski definition) is 1. The van der Waals surface area contributed by atoms with Crippen molar-refractivity contribution >= 4 is 27.7 Å². The lowest BCUT2D eigenvalue weighted by Gasteiger charge is -2.31. The Morgan fingerprint density at radius 2 is 1.76 bits per heavy atom. The van der Waals surface area contributed by atoms with E-state index in [1.54, 1.807) is 19.9 Å². The fraction of sp³-hybridized carbons (Fsp3) is 0.348. The molecule has 1 heterocycles. The smallest absolute Gasteiger partial charge is 0.269 e. The fourth-order valence-electron chi connectivity index (χ4n) is 3.79. The molecular weight excluding hydrogens is 449 g/mol. The molecule has 3 amide bonds. The topological polar surface area (TPSA) is 104 Å². The third-order valence-corrected chi connectivity index (χ3v) is 7.28. The number of rotatable bonds is 9. The standard InChI is InChI=1S/C23H26FN3O5S/c1-3-19(22(29)25-4-2)26(15-16-9-11-17(24)12-10-16)21(28)13-14-27-23(30)18-7-5-6-8-20(18)33(27,31)32/h5-12,19H,3-4,13-15H2,1-2H3,(H,25,29). The lowest BCUT2D eigenvalue weighted by Crippen LogP contribution is -2.49. The maximum absolute atomic E-state index is 13.3. The van der Waals surface area contributed by atoms with Gasteiger partial charge in [0.25, 0.3) is 15.9 Å². The van der Waals surface area contributed by atoms with Crippen molar-refractivity contribution in [3.63, 3.8) is 0 Å². The Hall–Kier alpha value is -3.27. The van der Waals surface area contributed by atoms with Gasteiger partial charge in [-0.2, -0.15) is 0 Å². The number of likely N-dealkylation sites (N-methyl/N-ethyl adjacent to an activating group) is 1. The average molecular weight is 476 g/mol. The van der Waals surface area contributed by atoms with E-state index in [1.165, 1.54) is 47.4 Å². The molecular formula is C23H26FN3O5S. The first-order chi connectivity index (χ1) is 15.7. The number of halogens is 1. The highest BCUT2D eigenvalue weighted by atomic mass is 32.2. The summed E-state index contributed by atoms with van der Waals surface area (Å²) < 4.78 is 39.5. The first kappa shape index (κ1) is 24.4. The van der Waals surface area contributed by atoms with Crippen LogP contribution in [-0.4, -0.2) is 54.5 Å². The maximum atomic E-state index is 13.3. The SMILES string of the molecule is CCNC(=O)C(CC)N(Cc1ccc(F)cc1)C(=O)CCN1C(=O)c2ccccc2S1(=O)=O. The molecule has 33 heavy (non-hydrogen) atoms. The van der Waals surface area contributed by atoms with Crippen molar-refractivity contribution < 1.29 is 27.2 Å². The van der Waals surface area contributed by atoms with Crippen LogP contribution < -0.4 is 5.32 Å². The van der Waals surface area contributed by atoms with Crippen LogP contribution in [0, 0.1) is 5.82 Å². The molecule has 1 aliphatic heterocycles. The number of benzene rings is 2. The second-order valence-electron chi connectivity index (χ2n) is 7.60. The van der Waals surface area contributed by atoms with Crippen LogP contribution in [0.5, 0.6) is 0 Å². The third kappa shape index (κ3) is 5.05. The second kappa shape index (κ2) is 10.1. The van der Waals surface area contributed by atoms with Gasteiger partial charge in [-0.15, -0.1) is 0 Å². The Balaban J connectivity index is 1.82. The molecule has 0 radical (unpaired) electrons. The van der Waals surface area contributed by atoms with E-state index < -0.39 is 33.7 Å². The number of amides is 3. The number of nitrogens with one attached hydrogen (secondary N) is 1. The minimum atomic E-state index is -4.04. The number of carbonyl (C=O) groups excluding carboxylic acids is 3. The lowest BCUT2D eigenvalue weighted by atomic mass is 10.1. The number of fused-ring (bicyclic) bond motifs is 1. The lowest BCUT2D eigenvalue weighted by molar-refractivity contribution is -0.141. The molecule has 2 aromatic carbocycles. The minimum absolute atomic E-state index is 0.0374. The maximum Gasteiger partial charge on any atom is 0.269 e. The molecule has 0 saturated carbocycles. The summed E-state index contributed by atoms with van der Waals surface area (Å²) in [6, 6.07) is 10.6. The normalized spacial score (nSPS) is 15.1. The van der Waals surface area contributed by atoms with E-state index in [2.05, 4.69) is 5.32 Å². The highest BCUT2D eigenvalue weighted by Gasteiger charge is 2.41. The summed E-state index contributed by atoms with van der Waals surface area (Å²) in [6.45, 7) is 3.59. The van der Waals surface area contributed by atoms with E-state index in [0.29, 0.717) is 22.8 Å². The predicted molar refractivity (Wildman–Crippen MR) is 119 cm³/mol. The molecule has 3 rings (SSSR count). The zero-order chi connectivity index (χ0) is 24.2. The summed E-state index contributed by atoms with van der Waals surface area (Å²) >= 11 is 0. The minimum Gasteiger partial charge on any atom is -0.355 e. The summed E-state index contributed by atoms with van der Waals surface area (Å²) in [6.07, 6.45) is 0.0290. The molecule has 10 heteroatoms. The molecule has 1 aliphatic rings. The molecule has 1 N–H and O–H groups in total.